The zero-order chi connectivity index (χ0) is 21.9. The first kappa shape index (κ1) is 21.8. The minimum Gasteiger partial charge on any atom is -0.481 e. The summed E-state index contributed by atoms with van der Waals surface area (Å²) in [6.45, 7) is 5.97. The third kappa shape index (κ3) is 3.22. The lowest BCUT2D eigenvalue weighted by molar-refractivity contribution is -0.145. The smallest absolute Gasteiger partial charge is 0.303 e. The van der Waals surface area contributed by atoms with Gasteiger partial charge in [0.15, 0.2) is 10.9 Å². The van der Waals surface area contributed by atoms with E-state index in [1.165, 1.54) is 11.8 Å². The predicted octanol–water partition coefficient (Wildman–Crippen LogP) is 4.15. The summed E-state index contributed by atoms with van der Waals surface area (Å²) in [5.41, 5.74) is -0.361. The van der Waals surface area contributed by atoms with Crippen LogP contribution in [0.15, 0.2) is 23.8 Å². The van der Waals surface area contributed by atoms with E-state index in [-0.39, 0.29) is 51.7 Å². The van der Waals surface area contributed by atoms with Crippen LogP contribution >= 0.6 is 11.8 Å². The number of aliphatic hydroxyl groups is 1. The molecule has 30 heavy (non-hydrogen) atoms. The second-order valence-electron chi connectivity index (χ2n) is 10.3. The van der Waals surface area contributed by atoms with E-state index in [0.29, 0.717) is 12.3 Å². The molecule has 0 aliphatic heterocycles. The number of hydrogen-bond donors (Lipinski definition) is 2. The summed E-state index contributed by atoms with van der Waals surface area (Å²) in [5.74, 6) is -0.0189. The second kappa shape index (κ2) is 7.33. The van der Waals surface area contributed by atoms with Gasteiger partial charge in [-0.3, -0.25) is 14.4 Å². The lowest BCUT2D eigenvalue weighted by Gasteiger charge is -2.60. The number of carbonyl (C=O) groups is 3. The molecular formula is C24H32O5S. The Morgan fingerprint density at radius 2 is 1.90 bits per heavy atom. The number of allylic oxidation sites excluding steroid dienone is 4. The summed E-state index contributed by atoms with van der Waals surface area (Å²) >= 11 is 1.39. The molecular weight excluding hydrogens is 400 g/mol. The summed E-state index contributed by atoms with van der Waals surface area (Å²) in [6.07, 6.45) is 9.76. The van der Waals surface area contributed by atoms with E-state index in [1.54, 1.807) is 19.1 Å². The number of ketones is 1. The molecule has 0 spiro atoms. The van der Waals surface area contributed by atoms with Gasteiger partial charge in [-0.25, -0.2) is 0 Å². The maximum atomic E-state index is 12.1. The Morgan fingerprint density at radius 3 is 2.57 bits per heavy atom. The fourth-order valence-electron chi connectivity index (χ4n) is 7.31. The first-order valence-electron chi connectivity index (χ1n) is 11.1. The van der Waals surface area contributed by atoms with Gasteiger partial charge >= 0.3 is 5.97 Å². The number of aliphatic carboxylic acids is 1. The third-order valence-corrected chi connectivity index (χ3v) is 10.1. The SMILES string of the molecule is CC(=O)SC1CC2=CC(=O)C=C[C@]2(C)[C@H]2CC[C@@]3(C)[C@@H](CCC3(O)CCC(=O)O)[C@H]12. The van der Waals surface area contributed by atoms with Gasteiger partial charge in [0, 0.05) is 24.0 Å². The lowest BCUT2D eigenvalue weighted by atomic mass is 9.47. The summed E-state index contributed by atoms with van der Waals surface area (Å²) < 4.78 is 0. The zero-order valence-electron chi connectivity index (χ0n) is 18.0. The number of rotatable bonds is 4. The average Bonchev–Trinajstić information content (AvgIpc) is 2.93. The number of thioether (sulfide) groups is 1. The first-order chi connectivity index (χ1) is 14.0. The zero-order valence-corrected chi connectivity index (χ0v) is 18.8. The van der Waals surface area contributed by atoms with Gasteiger partial charge in [-0.05, 0) is 73.8 Å². The van der Waals surface area contributed by atoms with E-state index in [0.717, 1.165) is 31.3 Å². The van der Waals surface area contributed by atoms with Crippen LogP contribution in [0.25, 0.3) is 0 Å². The number of hydrogen-bond acceptors (Lipinski definition) is 5. The fourth-order valence-corrected chi connectivity index (χ4v) is 8.54. The molecule has 164 valence electrons. The lowest BCUT2D eigenvalue weighted by Crippen LogP contribution is -2.57. The molecule has 4 aliphatic rings. The molecule has 0 aromatic carbocycles. The standard InChI is InChI=1S/C24H32O5S/c1-14(25)30-19-13-15-12-16(26)4-8-22(15,2)17-5-9-23(3)18(21(17)19)6-10-24(23,29)11-7-20(27)28/h4,8,12,17-19,21,29H,5-7,9-11,13H2,1-3H3,(H,27,28)/t17-,18-,19?,21+,22-,23-,24?/m0/s1. The van der Waals surface area contributed by atoms with Crippen molar-refractivity contribution in [2.45, 2.75) is 76.6 Å². The Labute approximate surface area is 182 Å². The van der Waals surface area contributed by atoms with Gasteiger partial charge in [-0.1, -0.05) is 37.3 Å². The Balaban J connectivity index is 1.72. The highest BCUT2D eigenvalue weighted by Crippen LogP contribution is 2.68. The van der Waals surface area contributed by atoms with Gasteiger partial charge in [-0.2, -0.15) is 0 Å². The van der Waals surface area contributed by atoms with E-state index in [9.17, 15) is 24.6 Å². The van der Waals surface area contributed by atoms with Crippen molar-refractivity contribution in [1.29, 1.82) is 0 Å². The van der Waals surface area contributed by atoms with Crippen molar-refractivity contribution < 1.29 is 24.6 Å². The average molecular weight is 433 g/mol. The van der Waals surface area contributed by atoms with Gasteiger partial charge in [0.1, 0.15) is 0 Å². The largest absolute Gasteiger partial charge is 0.481 e. The van der Waals surface area contributed by atoms with Crippen molar-refractivity contribution in [1.82, 2.24) is 0 Å². The van der Waals surface area contributed by atoms with Crippen LogP contribution in [0.4, 0.5) is 0 Å². The van der Waals surface area contributed by atoms with Crippen LogP contribution in [0.5, 0.6) is 0 Å². The summed E-state index contributed by atoms with van der Waals surface area (Å²) in [5, 5.41) is 21.0. The fraction of sp³-hybridized carbons (Fsp3) is 0.708. The normalized spacial score (nSPS) is 44.7. The van der Waals surface area contributed by atoms with E-state index in [2.05, 4.69) is 19.9 Å². The molecule has 0 radical (unpaired) electrons. The van der Waals surface area contributed by atoms with Crippen LogP contribution in [0.1, 0.15) is 65.7 Å². The molecule has 0 aromatic rings. The van der Waals surface area contributed by atoms with Crippen molar-refractivity contribution in [3.05, 3.63) is 23.8 Å². The van der Waals surface area contributed by atoms with Crippen LogP contribution in [0.2, 0.25) is 0 Å². The Kier molecular flexibility index (Phi) is 5.33. The third-order valence-electron chi connectivity index (χ3n) is 8.95. The predicted molar refractivity (Wildman–Crippen MR) is 116 cm³/mol. The van der Waals surface area contributed by atoms with Crippen LogP contribution in [-0.4, -0.2) is 37.9 Å². The number of fused-ring (bicyclic) bond motifs is 5. The maximum Gasteiger partial charge on any atom is 0.303 e. The van der Waals surface area contributed by atoms with E-state index < -0.39 is 11.6 Å². The summed E-state index contributed by atoms with van der Waals surface area (Å²) in [6, 6.07) is 0. The number of carboxylic acid groups (broad SMARTS) is 1. The van der Waals surface area contributed by atoms with Crippen molar-refractivity contribution in [2.24, 2.45) is 28.6 Å². The van der Waals surface area contributed by atoms with Crippen LogP contribution < -0.4 is 0 Å². The van der Waals surface area contributed by atoms with Crippen LogP contribution in [0, 0.1) is 28.6 Å². The molecule has 2 N–H and O–H groups in total. The Bertz CT molecular complexity index is 847. The van der Waals surface area contributed by atoms with Crippen LogP contribution in [-0.2, 0) is 14.4 Å². The molecule has 0 aromatic heterocycles. The van der Waals surface area contributed by atoms with Crippen molar-refractivity contribution in [3.63, 3.8) is 0 Å². The van der Waals surface area contributed by atoms with Gasteiger partial charge in [-0.15, -0.1) is 0 Å². The molecule has 7 atom stereocenters. The molecule has 3 fully saturated rings. The molecule has 4 rings (SSSR count). The monoisotopic (exact) mass is 432 g/mol. The highest BCUT2D eigenvalue weighted by molar-refractivity contribution is 8.14. The molecule has 5 nitrogen and oxygen atoms in total. The Morgan fingerprint density at radius 1 is 1.20 bits per heavy atom. The molecule has 4 aliphatic carbocycles. The van der Waals surface area contributed by atoms with Crippen molar-refractivity contribution in [2.75, 3.05) is 0 Å². The summed E-state index contributed by atoms with van der Waals surface area (Å²) in [7, 11) is 0. The Hall–Kier alpha value is -1.40. The highest BCUT2D eigenvalue weighted by atomic mass is 32.2. The quantitative estimate of drug-likeness (QED) is 0.693. The topological polar surface area (TPSA) is 91.7 Å². The summed E-state index contributed by atoms with van der Waals surface area (Å²) in [4.78, 5) is 35.4. The maximum absolute atomic E-state index is 12.1. The molecule has 0 saturated heterocycles. The molecule has 0 bridgehead atoms. The van der Waals surface area contributed by atoms with Crippen molar-refractivity contribution in [3.8, 4) is 0 Å². The van der Waals surface area contributed by atoms with E-state index >= 15 is 0 Å². The minimum atomic E-state index is -0.970. The van der Waals surface area contributed by atoms with Crippen molar-refractivity contribution >= 4 is 28.6 Å². The number of carboxylic acids is 1. The first-order valence-corrected chi connectivity index (χ1v) is 11.9. The van der Waals surface area contributed by atoms with Gasteiger partial charge in [0.05, 0.1) is 5.60 Å². The molecule has 2 unspecified atom stereocenters. The van der Waals surface area contributed by atoms with Crippen LogP contribution in [0.3, 0.4) is 0 Å². The molecule has 3 saturated carbocycles. The van der Waals surface area contributed by atoms with Gasteiger partial charge < -0.3 is 10.2 Å². The molecule has 0 amide bonds. The molecule has 0 heterocycles. The van der Waals surface area contributed by atoms with E-state index in [1.807, 2.05) is 0 Å². The second-order valence-corrected chi connectivity index (χ2v) is 11.7. The molecule has 6 heteroatoms. The van der Waals surface area contributed by atoms with Gasteiger partial charge in [0.25, 0.3) is 0 Å². The van der Waals surface area contributed by atoms with E-state index in [4.69, 9.17) is 0 Å². The number of carbonyl (C=O) groups excluding carboxylic acids is 2. The highest BCUT2D eigenvalue weighted by Gasteiger charge is 2.65. The minimum absolute atomic E-state index is 0.0199. The van der Waals surface area contributed by atoms with Gasteiger partial charge in [0.2, 0.25) is 0 Å².